The number of benzene rings is 1. The van der Waals surface area contributed by atoms with Crippen LogP contribution in [-0.2, 0) is 5.60 Å². The highest BCUT2D eigenvalue weighted by Gasteiger charge is 2.34. The first-order valence-electron chi connectivity index (χ1n) is 5.38. The number of hydrogen-bond acceptors (Lipinski definition) is 3. The third-order valence-corrected chi connectivity index (χ3v) is 3.28. The van der Waals surface area contributed by atoms with Crippen molar-refractivity contribution in [2.75, 3.05) is 25.9 Å². The SMILES string of the molecule is CN1CCC(O)(c2ccccc2N)CC1. The number of likely N-dealkylation sites (tertiary alicyclic amines) is 1. The van der Waals surface area contributed by atoms with E-state index in [1.807, 2.05) is 24.3 Å². The molecule has 15 heavy (non-hydrogen) atoms. The van der Waals surface area contributed by atoms with Gasteiger partial charge in [0, 0.05) is 24.3 Å². The highest BCUT2D eigenvalue weighted by atomic mass is 16.3. The molecule has 0 unspecified atom stereocenters. The first-order valence-corrected chi connectivity index (χ1v) is 5.38. The predicted octanol–water partition coefficient (Wildman–Crippen LogP) is 1.18. The molecule has 1 heterocycles. The van der Waals surface area contributed by atoms with Gasteiger partial charge >= 0.3 is 0 Å². The Hall–Kier alpha value is -1.06. The molecule has 0 atom stereocenters. The Morgan fingerprint density at radius 1 is 1.27 bits per heavy atom. The van der Waals surface area contributed by atoms with Gasteiger partial charge in [0.15, 0.2) is 0 Å². The maximum Gasteiger partial charge on any atom is 0.0940 e. The van der Waals surface area contributed by atoms with Gasteiger partial charge in [0.05, 0.1) is 5.60 Å². The second-order valence-electron chi connectivity index (χ2n) is 4.42. The van der Waals surface area contributed by atoms with E-state index in [0.717, 1.165) is 31.5 Å². The van der Waals surface area contributed by atoms with E-state index in [-0.39, 0.29) is 0 Å². The molecule has 0 aromatic heterocycles. The van der Waals surface area contributed by atoms with Crippen LogP contribution >= 0.6 is 0 Å². The summed E-state index contributed by atoms with van der Waals surface area (Å²) >= 11 is 0. The van der Waals surface area contributed by atoms with Gasteiger partial charge in [-0.1, -0.05) is 18.2 Å². The molecule has 0 spiro atoms. The topological polar surface area (TPSA) is 49.5 Å². The molecule has 1 aromatic carbocycles. The van der Waals surface area contributed by atoms with Crippen molar-refractivity contribution < 1.29 is 5.11 Å². The van der Waals surface area contributed by atoms with E-state index < -0.39 is 5.60 Å². The number of nitrogens with zero attached hydrogens (tertiary/aromatic N) is 1. The first-order chi connectivity index (χ1) is 7.12. The Labute approximate surface area is 90.5 Å². The van der Waals surface area contributed by atoms with Crippen LogP contribution in [0.25, 0.3) is 0 Å². The third kappa shape index (κ3) is 1.98. The highest BCUT2D eigenvalue weighted by Crippen LogP contribution is 2.35. The molecule has 3 nitrogen and oxygen atoms in total. The first kappa shape index (κ1) is 10.5. The molecule has 1 saturated heterocycles. The summed E-state index contributed by atoms with van der Waals surface area (Å²) in [6.45, 7) is 1.84. The van der Waals surface area contributed by atoms with E-state index >= 15 is 0 Å². The van der Waals surface area contributed by atoms with Gasteiger partial charge in [-0.3, -0.25) is 0 Å². The van der Waals surface area contributed by atoms with Gasteiger partial charge in [-0.2, -0.15) is 0 Å². The molecule has 82 valence electrons. The van der Waals surface area contributed by atoms with Crippen molar-refractivity contribution in [3.8, 4) is 0 Å². The van der Waals surface area contributed by atoms with Crippen LogP contribution < -0.4 is 5.73 Å². The summed E-state index contributed by atoms with van der Waals surface area (Å²) in [6.07, 6.45) is 1.52. The molecule has 0 amide bonds. The van der Waals surface area contributed by atoms with E-state index in [1.54, 1.807) is 0 Å². The smallest absolute Gasteiger partial charge is 0.0940 e. The molecular formula is C12H18N2O. The number of para-hydroxylation sites is 1. The maximum atomic E-state index is 10.5. The fourth-order valence-corrected chi connectivity index (χ4v) is 2.18. The van der Waals surface area contributed by atoms with Crippen molar-refractivity contribution in [3.05, 3.63) is 29.8 Å². The van der Waals surface area contributed by atoms with Crippen molar-refractivity contribution in [2.24, 2.45) is 0 Å². The Kier molecular flexibility index (Phi) is 2.67. The van der Waals surface area contributed by atoms with E-state index in [9.17, 15) is 5.11 Å². The molecule has 1 aromatic rings. The fourth-order valence-electron chi connectivity index (χ4n) is 2.18. The maximum absolute atomic E-state index is 10.5. The van der Waals surface area contributed by atoms with Gasteiger partial charge in [0.1, 0.15) is 0 Å². The van der Waals surface area contributed by atoms with Gasteiger partial charge in [-0.05, 0) is 26.0 Å². The lowest BCUT2D eigenvalue weighted by Crippen LogP contribution is -2.41. The van der Waals surface area contributed by atoms with Gasteiger partial charge in [-0.15, -0.1) is 0 Å². The van der Waals surface area contributed by atoms with Crippen molar-refractivity contribution in [3.63, 3.8) is 0 Å². The lowest BCUT2D eigenvalue weighted by molar-refractivity contribution is -0.0196. The lowest BCUT2D eigenvalue weighted by Gasteiger charge is -2.37. The van der Waals surface area contributed by atoms with Crippen LogP contribution in [0.2, 0.25) is 0 Å². The minimum absolute atomic E-state index is 0.699. The summed E-state index contributed by atoms with van der Waals surface area (Å²) in [6, 6.07) is 7.62. The molecule has 0 aliphatic carbocycles. The number of anilines is 1. The van der Waals surface area contributed by atoms with Crippen LogP contribution in [0, 0.1) is 0 Å². The zero-order valence-corrected chi connectivity index (χ0v) is 9.11. The number of piperidine rings is 1. The molecule has 3 N–H and O–H groups in total. The molecule has 2 rings (SSSR count). The van der Waals surface area contributed by atoms with Crippen LogP contribution in [0.15, 0.2) is 24.3 Å². The molecule has 0 saturated carbocycles. The summed E-state index contributed by atoms with van der Waals surface area (Å²) in [5.41, 5.74) is 6.76. The van der Waals surface area contributed by atoms with Crippen molar-refractivity contribution >= 4 is 5.69 Å². The van der Waals surface area contributed by atoms with E-state index in [1.165, 1.54) is 0 Å². The van der Waals surface area contributed by atoms with Crippen LogP contribution in [0.4, 0.5) is 5.69 Å². The number of aliphatic hydroxyl groups is 1. The lowest BCUT2D eigenvalue weighted by atomic mass is 9.84. The molecule has 0 radical (unpaired) electrons. The second-order valence-corrected chi connectivity index (χ2v) is 4.42. The van der Waals surface area contributed by atoms with Crippen LogP contribution in [0.1, 0.15) is 18.4 Å². The largest absolute Gasteiger partial charge is 0.398 e. The van der Waals surface area contributed by atoms with Gasteiger partial charge in [-0.25, -0.2) is 0 Å². The standard InChI is InChI=1S/C12H18N2O/c1-14-8-6-12(15,7-9-14)10-4-2-3-5-11(10)13/h2-5,15H,6-9,13H2,1H3. The normalized spacial score (nSPS) is 21.5. The zero-order chi connectivity index (χ0) is 10.9. The van der Waals surface area contributed by atoms with Crippen molar-refractivity contribution in [1.82, 2.24) is 4.90 Å². The Balaban J connectivity index is 2.26. The number of nitrogens with two attached hydrogens (primary N) is 1. The summed E-state index contributed by atoms with van der Waals surface area (Å²) in [4.78, 5) is 2.23. The monoisotopic (exact) mass is 206 g/mol. The van der Waals surface area contributed by atoms with Crippen LogP contribution in [0.3, 0.4) is 0 Å². The average molecular weight is 206 g/mol. The average Bonchev–Trinajstić information content (AvgIpc) is 2.23. The summed E-state index contributed by atoms with van der Waals surface area (Å²) < 4.78 is 0. The summed E-state index contributed by atoms with van der Waals surface area (Å²) in [5.74, 6) is 0. The molecule has 1 aliphatic rings. The summed E-state index contributed by atoms with van der Waals surface area (Å²) in [5, 5.41) is 10.5. The Morgan fingerprint density at radius 2 is 1.87 bits per heavy atom. The highest BCUT2D eigenvalue weighted by molar-refractivity contribution is 5.49. The minimum Gasteiger partial charge on any atom is -0.398 e. The number of nitrogen functional groups attached to an aromatic ring is 1. The summed E-state index contributed by atoms with van der Waals surface area (Å²) in [7, 11) is 2.08. The van der Waals surface area contributed by atoms with Crippen molar-refractivity contribution in [1.29, 1.82) is 0 Å². The Morgan fingerprint density at radius 3 is 2.47 bits per heavy atom. The molecule has 3 heteroatoms. The predicted molar refractivity (Wildman–Crippen MR) is 61.5 cm³/mol. The zero-order valence-electron chi connectivity index (χ0n) is 9.11. The Bertz CT molecular complexity index is 343. The minimum atomic E-state index is -0.724. The molecule has 0 bridgehead atoms. The van der Waals surface area contributed by atoms with Gasteiger partial charge in [0.2, 0.25) is 0 Å². The molecule has 1 fully saturated rings. The van der Waals surface area contributed by atoms with E-state index in [0.29, 0.717) is 5.69 Å². The quantitative estimate of drug-likeness (QED) is 0.678. The number of rotatable bonds is 1. The van der Waals surface area contributed by atoms with Crippen LogP contribution in [-0.4, -0.2) is 30.1 Å². The third-order valence-electron chi connectivity index (χ3n) is 3.28. The fraction of sp³-hybridized carbons (Fsp3) is 0.500. The second kappa shape index (κ2) is 3.83. The van der Waals surface area contributed by atoms with Crippen molar-refractivity contribution in [2.45, 2.75) is 18.4 Å². The van der Waals surface area contributed by atoms with Gasteiger partial charge in [0.25, 0.3) is 0 Å². The van der Waals surface area contributed by atoms with E-state index in [4.69, 9.17) is 5.73 Å². The van der Waals surface area contributed by atoms with Gasteiger partial charge < -0.3 is 15.7 Å². The van der Waals surface area contributed by atoms with E-state index in [2.05, 4.69) is 11.9 Å². The van der Waals surface area contributed by atoms with Crippen LogP contribution in [0.5, 0.6) is 0 Å². The molecule has 1 aliphatic heterocycles. The number of hydrogen-bond donors (Lipinski definition) is 2. The molecular weight excluding hydrogens is 188 g/mol.